The maximum Gasteiger partial charge on any atom is 0.258 e. The number of benzene rings is 1. The highest BCUT2D eigenvalue weighted by Crippen LogP contribution is 2.32. The second-order valence-corrected chi connectivity index (χ2v) is 7.56. The molecule has 1 saturated heterocycles. The molecule has 1 aromatic rings. The van der Waals surface area contributed by atoms with Crippen molar-refractivity contribution in [1.29, 1.82) is 0 Å². The molecule has 0 bridgehead atoms. The van der Waals surface area contributed by atoms with Crippen LogP contribution in [-0.4, -0.2) is 56.3 Å². The first kappa shape index (κ1) is 19.1. The average Bonchev–Trinajstić information content (AvgIpc) is 3.46. The van der Waals surface area contributed by atoms with Crippen molar-refractivity contribution in [3.63, 3.8) is 0 Å². The Morgan fingerprint density at radius 1 is 1.27 bits per heavy atom. The zero-order chi connectivity index (χ0) is 18.4. The summed E-state index contributed by atoms with van der Waals surface area (Å²) >= 11 is 0. The molecule has 1 amide bonds. The van der Waals surface area contributed by atoms with Gasteiger partial charge in [0.15, 0.2) is 6.61 Å². The summed E-state index contributed by atoms with van der Waals surface area (Å²) in [5, 5.41) is 3.19. The van der Waals surface area contributed by atoms with Crippen LogP contribution in [0.25, 0.3) is 0 Å². The maximum atomic E-state index is 12.9. The predicted molar refractivity (Wildman–Crippen MR) is 97.7 cm³/mol. The Labute approximate surface area is 154 Å². The molecular weight excluding hydrogens is 335 g/mol. The highest BCUT2D eigenvalue weighted by atomic mass is 19.1. The van der Waals surface area contributed by atoms with E-state index in [1.165, 1.54) is 43.7 Å². The van der Waals surface area contributed by atoms with Crippen LogP contribution in [0.3, 0.4) is 0 Å². The van der Waals surface area contributed by atoms with Crippen molar-refractivity contribution >= 4 is 5.91 Å². The minimum Gasteiger partial charge on any atom is -0.484 e. The molecule has 1 N–H and O–H groups in total. The second-order valence-electron chi connectivity index (χ2n) is 7.56. The van der Waals surface area contributed by atoms with E-state index in [1.807, 2.05) is 0 Å². The zero-order valence-electron chi connectivity index (χ0n) is 15.5. The van der Waals surface area contributed by atoms with Crippen LogP contribution in [0.15, 0.2) is 24.3 Å². The smallest absolute Gasteiger partial charge is 0.258 e. The number of halogens is 1. The van der Waals surface area contributed by atoms with Gasteiger partial charge in [0.2, 0.25) is 0 Å². The number of hydrogen-bond donors (Lipinski definition) is 1. The molecule has 1 aliphatic heterocycles. The fourth-order valence-electron chi connectivity index (χ4n) is 3.58. The first-order chi connectivity index (χ1) is 12.6. The summed E-state index contributed by atoms with van der Waals surface area (Å²) in [6.45, 7) is 3.79. The normalized spacial score (nSPS) is 19.9. The number of carbonyl (C=O) groups is 1. The summed E-state index contributed by atoms with van der Waals surface area (Å²) in [6.07, 6.45) is 5.41. The molecule has 26 heavy (non-hydrogen) atoms. The lowest BCUT2D eigenvalue weighted by molar-refractivity contribution is -0.126. The van der Waals surface area contributed by atoms with Crippen LogP contribution >= 0.6 is 0 Å². The lowest BCUT2D eigenvalue weighted by atomic mass is 9.84. The van der Waals surface area contributed by atoms with Crippen molar-refractivity contribution in [2.24, 2.45) is 5.92 Å². The van der Waals surface area contributed by atoms with Crippen molar-refractivity contribution in [3.05, 3.63) is 30.1 Å². The topological polar surface area (TPSA) is 50.8 Å². The van der Waals surface area contributed by atoms with Gasteiger partial charge >= 0.3 is 0 Å². The Kier molecular flexibility index (Phi) is 6.48. The third-order valence-electron chi connectivity index (χ3n) is 5.40. The van der Waals surface area contributed by atoms with E-state index in [4.69, 9.17) is 9.47 Å². The highest BCUT2D eigenvalue weighted by molar-refractivity contribution is 5.78. The molecule has 0 unspecified atom stereocenters. The molecule has 0 spiro atoms. The van der Waals surface area contributed by atoms with Gasteiger partial charge in [0.05, 0.1) is 0 Å². The lowest BCUT2D eigenvalue weighted by Crippen LogP contribution is -2.56. The number of rotatable bonds is 9. The van der Waals surface area contributed by atoms with Crippen LogP contribution in [0.5, 0.6) is 5.75 Å². The van der Waals surface area contributed by atoms with Crippen LogP contribution in [0, 0.1) is 11.7 Å². The number of amides is 1. The van der Waals surface area contributed by atoms with Gasteiger partial charge in [0.1, 0.15) is 11.6 Å². The summed E-state index contributed by atoms with van der Waals surface area (Å²) in [5.41, 5.74) is -0.223. The van der Waals surface area contributed by atoms with Gasteiger partial charge in [0, 0.05) is 38.9 Å². The highest BCUT2D eigenvalue weighted by Gasteiger charge is 2.37. The molecular formula is C20H29FN2O3. The van der Waals surface area contributed by atoms with Gasteiger partial charge in [-0.25, -0.2) is 4.39 Å². The number of ether oxygens (including phenoxy) is 2. The molecule has 2 aliphatic rings. The van der Waals surface area contributed by atoms with Gasteiger partial charge < -0.3 is 19.7 Å². The molecule has 2 fully saturated rings. The predicted octanol–water partition coefficient (Wildman–Crippen LogP) is 2.60. The Morgan fingerprint density at radius 3 is 2.58 bits per heavy atom. The van der Waals surface area contributed by atoms with E-state index in [0.717, 1.165) is 38.3 Å². The quantitative estimate of drug-likeness (QED) is 0.732. The SMILES string of the molecule is COCCC1(NC(=O)COc2ccc(F)cc2)CCN(CC2CC2)CC1. The molecule has 144 valence electrons. The molecule has 0 aromatic heterocycles. The molecule has 3 rings (SSSR count). The second kappa shape index (κ2) is 8.82. The van der Waals surface area contributed by atoms with E-state index in [2.05, 4.69) is 10.2 Å². The number of nitrogens with one attached hydrogen (secondary N) is 1. The summed E-state index contributed by atoms with van der Waals surface area (Å²) < 4.78 is 23.7. The van der Waals surface area contributed by atoms with Crippen molar-refractivity contribution in [2.75, 3.05) is 40.0 Å². The van der Waals surface area contributed by atoms with E-state index >= 15 is 0 Å². The molecule has 1 aliphatic carbocycles. The number of piperidine rings is 1. The lowest BCUT2D eigenvalue weighted by Gasteiger charge is -2.42. The van der Waals surface area contributed by atoms with Crippen LogP contribution in [0.1, 0.15) is 32.1 Å². The number of carbonyl (C=O) groups excluding carboxylic acids is 1. The molecule has 1 saturated carbocycles. The van der Waals surface area contributed by atoms with Crippen molar-refractivity contribution < 1.29 is 18.7 Å². The Balaban J connectivity index is 1.50. The third kappa shape index (κ3) is 5.68. The zero-order valence-corrected chi connectivity index (χ0v) is 15.5. The van der Waals surface area contributed by atoms with Gasteiger partial charge in [0.25, 0.3) is 5.91 Å². The van der Waals surface area contributed by atoms with Crippen LogP contribution in [0.2, 0.25) is 0 Å². The van der Waals surface area contributed by atoms with Crippen molar-refractivity contribution in [1.82, 2.24) is 10.2 Å². The van der Waals surface area contributed by atoms with Gasteiger partial charge in [-0.05, 0) is 62.3 Å². The molecule has 1 aromatic carbocycles. The largest absolute Gasteiger partial charge is 0.484 e. The summed E-state index contributed by atoms with van der Waals surface area (Å²) in [4.78, 5) is 14.9. The number of likely N-dealkylation sites (tertiary alicyclic amines) is 1. The van der Waals surface area contributed by atoms with E-state index in [-0.39, 0.29) is 23.9 Å². The van der Waals surface area contributed by atoms with Gasteiger partial charge in [-0.2, -0.15) is 0 Å². The number of nitrogens with zero attached hydrogens (tertiary/aromatic N) is 1. The third-order valence-corrected chi connectivity index (χ3v) is 5.40. The molecule has 6 heteroatoms. The summed E-state index contributed by atoms with van der Waals surface area (Å²) in [6, 6.07) is 5.70. The standard InChI is InChI=1S/C20H29FN2O3/c1-25-13-10-20(8-11-23(12-9-20)14-16-2-3-16)22-19(24)15-26-18-6-4-17(21)5-7-18/h4-7,16H,2-3,8-15H2,1H3,(H,22,24). The minimum absolute atomic E-state index is 0.0633. The first-order valence-electron chi connectivity index (χ1n) is 9.49. The summed E-state index contributed by atoms with van der Waals surface area (Å²) in [7, 11) is 1.69. The minimum atomic E-state index is -0.321. The van der Waals surface area contributed by atoms with Gasteiger partial charge in [-0.15, -0.1) is 0 Å². The van der Waals surface area contributed by atoms with Crippen molar-refractivity contribution in [3.8, 4) is 5.75 Å². The first-order valence-corrected chi connectivity index (χ1v) is 9.49. The fourth-order valence-corrected chi connectivity index (χ4v) is 3.58. The Morgan fingerprint density at radius 2 is 1.96 bits per heavy atom. The number of methoxy groups -OCH3 is 1. The molecule has 0 radical (unpaired) electrons. The molecule has 5 nitrogen and oxygen atoms in total. The average molecular weight is 364 g/mol. The van der Waals surface area contributed by atoms with E-state index < -0.39 is 0 Å². The monoisotopic (exact) mass is 364 g/mol. The fraction of sp³-hybridized carbons (Fsp3) is 0.650. The van der Waals surface area contributed by atoms with Crippen LogP contribution < -0.4 is 10.1 Å². The van der Waals surface area contributed by atoms with Crippen LogP contribution in [-0.2, 0) is 9.53 Å². The molecule has 1 heterocycles. The van der Waals surface area contributed by atoms with E-state index in [0.29, 0.717) is 12.4 Å². The maximum absolute atomic E-state index is 12.9. The van der Waals surface area contributed by atoms with Crippen molar-refractivity contribution in [2.45, 2.75) is 37.6 Å². The van der Waals surface area contributed by atoms with E-state index in [9.17, 15) is 9.18 Å². The summed E-state index contributed by atoms with van der Waals surface area (Å²) in [5.74, 6) is 0.922. The Bertz CT molecular complexity index is 581. The number of hydrogen-bond acceptors (Lipinski definition) is 4. The molecule has 0 atom stereocenters. The van der Waals surface area contributed by atoms with Gasteiger partial charge in [-0.3, -0.25) is 4.79 Å². The Hall–Kier alpha value is -1.66. The van der Waals surface area contributed by atoms with Gasteiger partial charge in [-0.1, -0.05) is 0 Å². The van der Waals surface area contributed by atoms with E-state index in [1.54, 1.807) is 7.11 Å². The van der Waals surface area contributed by atoms with Crippen LogP contribution in [0.4, 0.5) is 4.39 Å².